The Hall–Kier alpha value is -2.22. The first kappa shape index (κ1) is 23.5. The summed E-state index contributed by atoms with van der Waals surface area (Å²) in [7, 11) is -3.51. The summed E-state index contributed by atoms with van der Waals surface area (Å²) < 4.78 is 28.0. The number of carbonyl (C=O) groups excluding carboxylic acids is 1. The number of hydrogen-bond donors (Lipinski definition) is 1. The SMILES string of the molecule is O=C(N[C@@H]1CCN(Cc2ccccc2)C1)C1CCN(S(=O)(=O)c2ccc3c(c2)CCCC3)CC1. The molecule has 5 rings (SSSR count). The first-order valence-corrected chi connectivity index (χ1v) is 14.1. The topological polar surface area (TPSA) is 69.7 Å². The predicted octanol–water partition coefficient (Wildman–Crippen LogP) is 3.36. The third-order valence-corrected chi connectivity index (χ3v) is 9.54. The van der Waals surface area contributed by atoms with Gasteiger partial charge in [-0.25, -0.2) is 8.42 Å². The summed E-state index contributed by atoms with van der Waals surface area (Å²) >= 11 is 0. The van der Waals surface area contributed by atoms with Gasteiger partial charge in [-0.2, -0.15) is 4.31 Å². The fourth-order valence-electron chi connectivity index (χ4n) is 5.63. The lowest BCUT2D eigenvalue weighted by Gasteiger charge is -2.31. The largest absolute Gasteiger partial charge is 0.352 e. The van der Waals surface area contributed by atoms with Gasteiger partial charge in [0.25, 0.3) is 0 Å². The number of hydrogen-bond acceptors (Lipinski definition) is 4. The summed E-state index contributed by atoms with van der Waals surface area (Å²) in [4.78, 5) is 15.7. The lowest BCUT2D eigenvalue weighted by Crippen LogP contribution is -2.45. The van der Waals surface area contributed by atoms with Gasteiger partial charge in [-0.15, -0.1) is 0 Å². The number of sulfonamides is 1. The molecule has 0 bridgehead atoms. The van der Waals surface area contributed by atoms with E-state index in [1.807, 2.05) is 18.2 Å². The number of aryl methyl sites for hydroxylation is 2. The van der Waals surface area contributed by atoms with Crippen LogP contribution in [0.15, 0.2) is 53.4 Å². The van der Waals surface area contributed by atoms with E-state index in [2.05, 4.69) is 34.5 Å². The fraction of sp³-hybridized carbons (Fsp3) is 0.519. The van der Waals surface area contributed by atoms with E-state index in [0.717, 1.165) is 45.3 Å². The second-order valence-electron chi connectivity index (χ2n) is 10.0. The highest BCUT2D eigenvalue weighted by Crippen LogP contribution is 2.28. The molecule has 2 saturated heterocycles. The molecule has 3 aliphatic rings. The van der Waals surface area contributed by atoms with Crippen LogP contribution in [0, 0.1) is 5.92 Å². The van der Waals surface area contributed by atoms with Crippen LogP contribution in [0.2, 0.25) is 0 Å². The van der Waals surface area contributed by atoms with Crippen molar-refractivity contribution in [2.75, 3.05) is 26.2 Å². The van der Waals surface area contributed by atoms with Gasteiger partial charge < -0.3 is 5.32 Å². The zero-order chi connectivity index (χ0) is 23.5. The van der Waals surface area contributed by atoms with Crippen molar-refractivity contribution in [3.8, 4) is 0 Å². The average molecular weight is 482 g/mol. The molecule has 0 spiro atoms. The second-order valence-corrected chi connectivity index (χ2v) is 12.0. The van der Waals surface area contributed by atoms with Crippen LogP contribution >= 0.6 is 0 Å². The minimum atomic E-state index is -3.51. The van der Waals surface area contributed by atoms with Crippen molar-refractivity contribution in [3.05, 3.63) is 65.2 Å². The molecule has 1 aliphatic carbocycles. The van der Waals surface area contributed by atoms with E-state index in [1.54, 1.807) is 10.4 Å². The number of rotatable bonds is 6. The van der Waals surface area contributed by atoms with Gasteiger partial charge in [-0.3, -0.25) is 9.69 Å². The van der Waals surface area contributed by atoms with Crippen LogP contribution in [0.3, 0.4) is 0 Å². The summed E-state index contributed by atoms with van der Waals surface area (Å²) in [6, 6.07) is 16.2. The molecule has 182 valence electrons. The summed E-state index contributed by atoms with van der Waals surface area (Å²) in [5.41, 5.74) is 3.76. The van der Waals surface area contributed by atoms with Gasteiger partial charge >= 0.3 is 0 Å². The standard InChI is InChI=1S/C27H35N3O3S/c31-27(28-25-14-15-29(20-25)19-21-6-2-1-3-7-21)23-12-16-30(17-13-23)34(32,33)26-11-10-22-8-4-5-9-24(22)18-26/h1-3,6-7,10-11,18,23,25H,4-5,8-9,12-17,19-20H2,(H,28,31)/t25-/m1/s1. The van der Waals surface area contributed by atoms with Crippen LogP contribution in [-0.2, 0) is 34.2 Å². The van der Waals surface area contributed by atoms with Crippen molar-refractivity contribution in [3.63, 3.8) is 0 Å². The van der Waals surface area contributed by atoms with Crippen LogP contribution in [0.4, 0.5) is 0 Å². The summed E-state index contributed by atoms with van der Waals surface area (Å²) in [6.07, 6.45) is 6.44. The Kier molecular flexibility index (Phi) is 7.04. The molecular weight excluding hydrogens is 446 g/mol. The molecule has 2 fully saturated rings. The molecule has 0 saturated carbocycles. The monoisotopic (exact) mass is 481 g/mol. The molecule has 0 unspecified atom stereocenters. The van der Waals surface area contributed by atoms with Gasteiger partial charge in [-0.05, 0) is 73.8 Å². The van der Waals surface area contributed by atoms with E-state index in [1.165, 1.54) is 23.1 Å². The Labute approximate surface area is 203 Å². The van der Waals surface area contributed by atoms with Crippen LogP contribution in [0.25, 0.3) is 0 Å². The molecule has 2 aliphatic heterocycles. The normalized spacial score (nSPS) is 22.4. The maximum Gasteiger partial charge on any atom is 0.243 e. The summed E-state index contributed by atoms with van der Waals surface area (Å²) in [6.45, 7) is 3.57. The maximum atomic E-state index is 13.2. The molecule has 1 N–H and O–H groups in total. The van der Waals surface area contributed by atoms with E-state index in [0.29, 0.717) is 30.8 Å². The van der Waals surface area contributed by atoms with Crippen molar-refractivity contribution in [1.82, 2.24) is 14.5 Å². The van der Waals surface area contributed by atoms with Crippen molar-refractivity contribution >= 4 is 15.9 Å². The Morgan fingerprint density at radius 3 is 2.41 bits per heavy atom. The van der Waals surface area contributed by atoms with E-state index >= 15 is 0 Å². The van der Waals surface area contributed by atoms with Crippen molar-refractivity contribution in [1.29, 1.82) is 0 Å². The average Bonchev–Trinajstić information content (AvgIpc) is 3.30. The third kappa shape index (κ3) is 5.21. The molecule has 1 amide bonds. The zero-order valence-corrected chi connectivity index (χ0v) is 20.6. The number of carbonyl (C=O) groups is 1. The number of likely N-dealkylation sites (tertiary alicyclic amines) is 1. The Bertz CT molecular complexity index is 1110. The summed E-state index contributed by atoms with van der Waals surface area (Å²) in [5, 5.41) is 3.24. The van der Waals surface area contributed by atoms with Crippen molar-refractivity contribution < 1.29 is 13.2 Å². The van der Waals surface area contributed by atoms with Crippen molar-refractivity contribution in [2.24, 2.45) is 5.92 Å². The molecular formula is C27H35N3O3S. The Morgan fingerprint density at radius 2 is 1.65 bits per heavy atom. The first-order valence-electron chi connectivity index (χ1n) is 12.7. The van der Waals surface area contributed by atoms with Crippen LogP contribution < -0.4 is 5.32 Å². The minimum absolute atomic E-state index is 0.0809. The Morgan fingerprint density at radius 1 is 0.912 bits per heavy atom. The number of piperidine rings is 1. The van der Waals surface area contributed by atoms with Crippen LogP contribution in [0.5, 0.6) is 0 Å². The van der Waals surface area contributed by atoms with Crippen molar-refractivity contribution in [2.45, 2.75) is 62.4 Å². The lowest BCUT2D eigenvalue weighted by atomic mass is 9.92. The van der Waals surface area contributed by atoms with Gasteiger partial charge in [-0.1, -0.05) is 36.4 Å². The molecule has 1 atom stereocenters. The predicted molar refractivity (Wildman–Crippen MR) is 133 cm³/mol. The number of benzene rings is 2. The third-order valence-electron chi connectivity index (χ3n) is 7.65. The van der Waals surface area contributed by atoms with Gasteiger partial charge in [0, 0.05) is 44.7 Å². The van der Waals surface area contributed by atoms with Crippen LogP contribution in [-0.4, -0.2) is 55.8 Å². The molecule has 7 heteroatoms. The van der Waals surface area contributed by atoms with Crippen LogP contribution in [0.1, 0.15) is 48.8 Å². The van der Waals surface area contributed by atoms with E-state index in [-0.39, 0.29) is 17.9 Å². The first-order chi connectivity index (χ1) is 16.5. The quantitative estimate of drug-likeness (QED) is 0.687. The zero-order valence-electron chi connectivity index (χ0n) is 19.8. The van der Waals surface area contributed by atoms with Gasteiger partial charge in [0.2, 0.25) is 15.9 Å². The smallest absolute Gasteiger partial charge is 0.243 e. The molecule has 6 nitrogen and oxygen atoms in total. The van der Waals surface area contributed by atoms with E-state index in [4.69, 9.17) is 0 Å². The van der Waals surface area contributed by atoms with E-state index < -0.39 is 10.0 Å². The second kappa shape index (κ2) is 10.2. The van der Waals surface area contributed by atoms with Gasteiger partial charge in [0.05, 0.1) is 4.90 Å². The highest BCUT2D eigenvalue weighted by atomic mass is 32.2. The highest BCUT2D eigenvalue weighted by Gasteiger charge is 2.34. The minimum Gasteiger partial charge on any atom is -0.352 e. The summed E-state index contributed by atoms with van der Waals surface area (Å²) in [5.74, 6) is -0.0319. The number of fused-ring (bicyclic) bond motifs is 1. The molecule has 0 radical (unpaired) electrons. The molecule has 2 aromatic carbocycles. The number of nitrogens with zero attached hydrogens (tertiary/aromatic N) is 2. The molecule has 0 aromatic heterocycles. The molecule has 34 heavy (non-hydrogen) atoms. The number of amides is 1. The Balaban J connectivity index is 1.12. The highest BCUT2D eigenvalue weighted by molar-refractivity contribution is 7.89. The lowest BCUT2D eigenvalue weighted by molar-refractivity contribution is -0.126. The molecule has 2 aromatic rings. The van der Waals surface area contributed by atoms with Gasteiger partial charge in [0.15, 0.2) is 0 Å². The fourth-order valence-corrected chi connectivity index (χ4v) is 7.15. The molecule has 2 heterocycles. The maximum absolute atomic E-state index is 13.2. The van der Waals surface area contributed by atoms with E-state index in [9.17, 15) is 13.2 Å². The number of nitrogens with one attached hydrogen (secondary N) is 1. The van der Waals surface area contributed by atoms with Gasteiger partial charge in [0.1, 0.15) is 0 Å².